The van der Waals surface area contributed by atoms with Crippen LogP contribution in [-0.4, -0.2) is 44.8 Å². The zero-order chi connectivity index (χ0) is 21.8. The molecular weight excluding hydrogens is 400 g/mol. The summed E-state index contributed by atoms with van der Waals surface area (Å²) in [5.41, 5.74) is 1.30. The number of carbonyl (C=O) groups excluding carboxylic acids is 2. The maximum Gasteiger partial charge on any atom is 0.229 e. The van der Waals surface area contributed by atoms with Gasteiger partial charge in [-0.15, -0.1) is 0 Å². The summed E-state index contributed by atoms with van der Waals surface area (Å²) in [6.07, 6.45) is 0.148. The zero-order valence-electron chi connectivity index (χ0n) is 17.7. The van der Waals surface area contributed by atoms with E-state index in [0.29, 0.717) is 67.3 Å². The molecule has 2 aliphatic heterocycles. The lowest BCUT2D eigenvalue weighted by molar-refractivity contribution is -0.122. The molecule has 4 rings (SSSR count). The molecule has 1 saturated heterocycles. The smallest absolute Gasteiger partial charge is 0.229 e. The van der Waals surface area contributed by atoms with Crippen molar-refractivity contribution in [2.45, 2.75) is 20.3 Å². The molecule has 0 saturated carbocycles. The Kier molecular flexibility index (Phi) is 6.16. The molecule has 1 N–H and O–H groups in total. The maximum atomic E-state index is 12.8. The molecule has 2 amide bonds. The van der Waals surface area contributed by atoms with Crippen molar-refractivity contribution < 1.29 is 28.5 Å². The highest BCUT2D eigenvalue weighted by molar-refractivity contribution is 6.03. The van der Waals surface area contributed by atoms with Crippen molar-refractivity contribution in [2.24, 2.45) is 5.92 Å². The first-order valence-corrected chi connectivity index (χ1v) is 10.5. The number of nitrogens with zero attached hydrogens (tertiary/aromatic N) is 1. The van der Waals surface area contributed by atoms with E-state index in [0.717, 1.165) is 0 Å². The highest BCUT2D eigenvalue weighted by atomic mass is 16.6. The Balaban J connectivity index is 1.44. The van der Waals surface area contributed by atoms with E-state index in [9.17, 15) is 9.59 Å². The molecule has 31 heavy (non-hydrogen) atoms. The van der Waals surface area contributed by atoms with Gasteiger partial charge in [0.1, 0.15) is 13.2 Å². The first-order chi connectivity index (χ1) is 15.1. The quantitative estimate of drug-likeness (QED) is 0.732. The second kappa shape index (κ2) is 9.16. The number of anilines is 2. The Morgan fingerprint density at radius 2 is 1.77 bits per heavy atom. The third-order valence-electron chi connectivity index (χ3n) is 5.14. The monoisotopic (exact) mass is 426 g/mol. The van der Waals surface area contributed by atoms with E-state index in [1.165, 1.54) is 0 Å². The first kappa shape index (κ1) is 20.8. The van der Waals surface area contributed by atoms with Gasteiger partial charge in [-0.25, -0.2) is 0 Å². The first-order valence-electron chi connectivity index (χ1n) is 10.5. The summed E-state index contributed by atoms with van der Waals surface area (Å²) in [5.74, 6) is 1.71. The molecule has 1 atom stereocenters. The molecule has 2 heterocycles. The van der Waals surface area contributed by atoms with Gasteiger partial charge in [-0.3, -0.25) is 9.59 Å². The van der Waals surface area contributed by atoms with Gasteiger partial charge < -0.3 is 29.2 Å². The van der Waals surface area contributed by atoms with Crippen molar-refractivity contribution in [2.75, 3.05) is 43.2 Å². The summed E-state index contributed by atoms with van der Waals surface area (Å²) >= 11 is 0. The van der Waals surface area contributed by atoms with Crippen molar-refractivity contribution in [3.05, 3.63) is 36.4 Å². The molecule has 2 aliphatic rings. The van der Waals surface area contributed by atoms with Gasteiger partial charge >= 0.3 is 0 Å². The number of carbonyl (C=O) groups is 2. The standard InChI is InChI=1S/C23H26N2O6/c1-3-28-18-7-5-16(12-20(18)29-4-2)24-23(27)15-11-22(26)25(14-15)17-6-8-19-21(13-17)31-10-9-30-19/h5-8,12-13,15H,3-4,9-11,14H2,1-2H3,(H,24,27)/t15-/m0/s1. The van der Waals surface area contributed by atoms with Crippen LogP contribution >= 0.6 is 0 Å². The summed E-state index contributed by atoms with van der Waals surface area (Å²) in [6.45, 7) is 6.08. The lowest BCUT2D eigenvalue weighted by Crippen LogP contribution is -2.28. The van der Waals surface area contributed by atoms with Crippen LogP contribution in [0.25, 0.3) is 0 Å². The molecule has 0 radical (unpaired) electrons. The predicted octanol–water partition coefficient (Wildman–Crippen LogP) is 3.25. The lowest BCUT2D eigenvalue weighted by atomic mass is 10.1. The SMILES string of the molecule is CCOc1ccc(NC(=O)[C@H]2CC(=O)N(c3ccc4c(c3)OCCO4)C2)cc1OCC. The van der Waals surface area contributed by atoms with Crippen molar-refractivity contribution in [3.8, 4) is 23.0 Å². The van der Waals surface area contributed by atoms with Crippen LogP contribution in [0.15, 0.2) is 36.4 Å². The summed E-state index contributed by atoms with van der Waals surface area (Å²) in [4.78, 5) is 27.1. The number of hydrogen-bond acceptors (Lipinski definition) is 6. The second-order valence-electron chi connectivity index (χ2n) is 7.25. The van der Waals surface area contributed by atoms with Gasteiger partial charge in [-0.1, -0.05) is 0 Å². The fourth-order valence-electron chi connectivity index (χ4n) is 3.71. The van der Waals surface area contributed by atoms with E-state index in [4.69, 9.17) is 18.9 Å². The normalized spacial score (nSPS) is 17.4. The Hall–Kier alpha value is -3.42. The number of amides is 2. The third kappa shape index (κ3) is 4.52. The van der Waals surface area contributed by atoms with E-state index in [1.807, 2.05) is 19.9 Å². The highest BCUT2D eigenvalue weighted by Gasteiger charge is 2.35. The molecule has 0 aromatic heterocycles. The van der Waals surface area contributed by atoms with Gasteiger partial charge in [0, 0.05) is 36.5 Å². The number of rotatable bonds is 7. The molecule has 2 aromatic carbocycles. The Bertz CT molecular complexity index is 977. The fraction of sp³-hybridized carbons (Fsp3) is 0.391. The van der Waals surface area contributed by atoms with E-state index < -0.39 is 5.92 Å². The minimum absolute atomic E-state index is 0.0986. The molecule has 164 valence electrons. The average molecular weight is 426 g/mol. The molecule has 1 fully saturated rings. The van der Waals surface area contributed by atoms with Gasteiger partial charge in [0.2, 0.25) is 11.8 Å². The van der Waals surface area contributed by atoms with Crippen LogP contribution in [0.2, 0.25) is 0 Å². The minimum Gasteiger partial charge on any atom is -0.490 e. The van der Waals surface area contributed by atoms with Crippen molar-refractivity contribution in [1.82, 2.24) is 0 Å². The van der Waals surface area contributed by atoms with Crippen LogP contribution in [-0.2, 0) is 9.59 Å². The third-order valence-corrected chi connectivity index (χ3v) is 5.14. The van der Waals surface area contributed by atoms with E-state index >= 15 is 0 Å². The van der Waals surface area contributed by atoms with Crippen LogP contribution in [0.1, 0.15) is 20.3 Å². The minimum atomic E-state index is -0.456. The number of hydrogen-bond donors (Lipinski definition) is 1. The van der Waals surface area contributed by atoms with Gasteiger partial charge in [0.25, 0.3) is 0 Å². The van der Waals surface area contributed by atoms with Gasteiger partial charge in [-0.05, 0) is 38.1 Å². The van der Waals surface area contributed by atoms with Crippen LogP contribution in [0.5, 0.6) is 23.0 Å². The number of ether oxygens (including phenoxy) is 4. The molecule has 0 unspecified atom stereocenters. The van der Waals surface area contributed by atoms with Gasteiger partial charge in [-0.2, -0.15) is 0 Å². The van der Waals surface area contributed by atoms with Gasteiger partial charge in [0.15, 0.2) is 23.0 Å². The highest BCUT2D eigenvalue weighted by Crippen LogP contribution is 2.36. The molecule has 2 aromatic rings. The Labute approximate surface area is 181 Å². The predicted molar refractivity (Wildman–Crippen MR) is 115 cm³/mol. The van der Waals surface area contributed by atoms with E-state index in [-0.39, 0.29) is 18.2 Å². The maximum absolute atomic E-state index is 12.8. The van der Waals surface area contributed by atoms with Crippen LogP contribution < -0.4 is 29.2 Å². The molecule has 0 aliphatic carbocycles. The van der Waals surface area contributed by atoms with Crippen molar-refractivity contribution in [1.29, 1.82) is 0 Å². The summed E-state index contributed by atoms with van der Waals surface area (Å²) in [7, 11) is 0. The van der Waals surface area contributed by atoms with E-state index in [1.54, 1.807) is 35.2 Å². The summed E-state index contributed by atoms with van der Waals surface area (Å²) < 4.78 is 22.3. The van der Waals surface area contributed by atoms with E-state index in [2.05, 4.69) is 5.32 Å². The summed E-state index contributed by atoms with van der Waals surface area (Å²) in [6, 6.07) is 10.7. The molecular formula is C23H26N2O6. The van der Waals surface area contributed by atoms with Crippen LogP contribution in [0.3, 0.4) is 0 Å². The second-order valence-corrected chi connectivity index (χ2v) is 7.25. The lowest BCUT2D eigenvalue weighted by Gasteiger charge is -2.22. The number of benzene rings is 2. The average Bonchev–Trinajstić information content (AvgIpc) is 3.17. The molecule has 0 bridgehead atoms. The number of nitrogens with one attached hydrogen (secondary N) is 1. The van der Waals surface area contributed by atoms with Crippen molar-refractivity contribution in [3.63, 3.8) is 0 Å². The molecule has 8 nitrogen and oxygen atoms in total. The largest absolute Gasteiger partial charge is 0.490 e. The Morgan fingerprint density at radius 1 is 1.03 bits per heavy atom. The summed E-state index contributed by atoms with van der Waals surface area (Å²) in [5, 5.41) is 2.90. The van der Waals surface area contributed by atoms with Crippen LogP contribution in [0, 0.1) is 5.92 Å². The Morgan fingerprint density at radius 3 is 2.55 bits per heavy atom. The fourth-order valence-corrected chi connectivity index (χ4v) is 3.71. The number of fused-ring (bicyclic) bond motifs is 1. The molecule has 0 spiro atoms. The zero-order valence-corrected chi connectivity index (χ0v) is 17.7. The topological polar surface area (TPSA) is 86.3 Å². The van der Waals surface area contributed by atoms with Crippen LogP contribution in [0.4, 0.5) is 11.4 Å². The van der Waals surface area contributed by atoms with Crippen molar-refractivity contribution >= 4 is 23.2 Å². The molecule has 8 heteroatoms. The van der Waals surface area contributed by atoms with Gasteiger partial charge in [0.05, 0.1) is 19.1 Å².